The molecule has 1 heterocycles. The zero-order chi connectivity index (χ0) is 14.2. The average Bonchev–Trinajstić information content (AvgIpc) is 2.46. The summed E-state index contributed by atoms with van der Waals surface area (Å²) in [6.45, 7) is 6.35. The van der Waals surface area contributed by atoms with Crippen LogP contribution in [0.3, 0.4) is 0 Å². The number of aryl methyl sites for hydroxylation is 1. The number of ether oxygens (including phenoxy) is 2. The first kappa shape index (κ1) is 13.9. The Bertz CT molecular complexity index is 502. The lowest BCUT2D eigenvalue weighted by molar-refractivity contribution is -0.176. The topological polar surface area (TPSA) is 30.5 Å². The number of fused-ring (bicyclic) bond motifs is 1. The minimum Gasteiger partial charge on any atom is -0.497 e. The highest BCUT2D eigenvalue weighted by atomic mass is 16.5. The molecule has 1 aliphatic heterocycles. The van der Waals surface area contributed by atoms with E-state index in [0.717, 1.165) is 44.5 Å². The first-order valence-electron chi connectivity index (χ1n) is 7.65. The van der Waals surface area contributed by atoms with E-state index < -0.39 is 0 Å². The summed E-state index contributed by atoms with van der Waals surface area (Å²) in [6.07, 6.45) is 4.24. The molecule has 0 amide bonds. The predicted molar refractivity (Wildman–Crippen MR) is 80.4 cm³/mol. The number of morpholine rings is 1. The van der Waals surface area contributed by atoms with Crippen LogP contribution in [0.1, 0.15) is 37.8 Å². The van der Waals surface area contributed by atoms with Gasteiger partial charge in [-0.1, -0.05) is 13.0 Å². The van der Waals surface area contributed by atoms with Crippen LogP contribution < -0.4 is 10.1 Å². The van der Waals surface area contributed by atoms with Gasteiger partial charge in [0.2, 0.25) is 0 Å². The van der Waals surface area contributed by atoms with E-state index in [0.29, 0.717) is 0 Å². The summed E-state index contributed by atoms with van der Waals surface area (Å²) in [5.74, 6) is 0.947. The van der Waals surface area contributed by atoms with Gasteiger partial charge in [-0.15, -0.1) is 0 Å². The molecule has 3 nitrogen and oxygen atoms in total. The SMILES string of the molecule is CCC1(C)CNCC2(CCc3ccc(OC)cc3C2)O1. The molecule has 1 aromatic rings. The number of hydrogen-bond acceptors (Lipinski definition) is 3. The highest BCUT2D eigenvalue weighted by molar-refractivity contribution is 5.39. The molecule has 1 N–H and O–H groups in total. The van der Waals surface area contributed by atoms with Crippen molar-refractivity contribution in [3.63, 3.8) is 0 Å². The third kappa shape index (κ3) is 2.45. The lowest BCUT2D eigenvalue weighted by Crippen LogP contribution is -2.61. The van der Waals surface area contributed by atoms with Crippen molar-refractivity contribution in [1.82, 2.24) is 5.32 Å². The molecule has 1 spiro atoms. The van der Waals surface area contributed by atoms with Crippen LogP contribution in [0.4, 0.5) is 0 Å². The van der Waals surface area contributed by atoms with Gasteiger partial charge in [-0.25, -0.2) is 0 Å². The Morgan fingerprint density at radius 2 is 2.15 bits per heavy atom. The molecule has 0 saturated carbocycles. The maximum atomic E-state index is 6.58. The molecule has 3 rings (SSSR count). The van der Waals surface area contributed by atoms with Crippen molar-refractivity contribution in [3.8, 4) is 5.75 Å². The molecular weight excluding hydrogens is 250 g/mol. The number of hydrogen-bond donors (Lipinski definition) is 1. The van der Waals surface area contributed by atoms with Gasteiger partial charge in [-0.3, -0.25) is 0 Å². The fourth-order valence-electron chi connectivity index (χ4n) is 3.52. The molecule has 3 heteroatoms. The summed E-state index contributed by atoms with van der Waals surface area (Å²) < 4.78 is 11.9. The zero-order valence-electron chi connectivity index (χ0n) is 12.8. The summed E-state index contributed by atoms with van der Waals surface area (Å²) >= 11 is 0. The van der Waals surface area contributed by atoms with Gasteiger partial charge in [0, 0.05) is 19.5 Å². The Kier molecular flexibility index (Phi) is 3.51. The van der Waals surface area contributed by atoms with Gasteiger partial charge in [0.1, 0.15) is 5.75 Å². The number of benzene rings is 1. The van der Waals surface area contributed by atoms with Crippen LogP contribution in [0, 0.1) is 0 Å². The van der Waals surface area contributed by atoms with Crippen molar-refractivity contribution in [2.75, 3.05) is 20.2 Å². The molecular formula is C17H25NO2. The van der Waals surface area contributed by atoms with E-state index in [-0.39, 0.29) is 11.2 Å². The number of nitrogens with one attached hydrogen (secondary N) is 1. The first-order valence-corrected chi connectivity index (χ1v) is 7.65. The van der Waals surface area contributed by atoms with Crippen LogP contribution in [0.5, 0.6) is 5.75 Å². The van der Waals surface area contributed by atoms with Crippen molar-refractivity contribution in [1.29, 1.82) is 0 Å². The van der Waals surface area contributed by atoms with Crippen LogP contribution in [-0.2, 0) is 17.6 Å². The predicted octanol–water partition coefficient (Wildman–Crippen LogP) is 2.71. The highest BCUT2D eigenvalue weighted by Gasteiger charge is 2.44. The normalized spacial score (nSPS) is 33.0. The summed E-state index contributed by atoms with van der Waals surface area (Å²) in [6, 6.07) is 6.45. The van der Waals surface area contributed by atoms with Gasteiger partial charge in [0.15, 0.2) is 0 Å². The Labute approximate surface area is 121 Å². The van der Waals surface area contributed by atoms with Crippen molar-refractivity contribution >= 4 is 0 Å². The molecule has 0 aromatic heterocycles. The van der Waals surface area contributed by atoms with E-state index >= 15 is 0 Å². The molecule has 0 bridgehead atoms. The zero-order valence-corrected chi connectivity index (χ0v) is 12.8. The Morgan fingerprint density at radius 1 is 1.30 bits per heavy atom. The van der Waals surface area contributed by atoms with Gasteiger partial charge in [0.05, 0.1) is 18.3 Å². The van der Waals surface area contributed by atoms with Crippen LogP contribution in [0.15, 0.2) is 18.2 Å². The van der Waals surface area contributed by atoms with E-state index in [1.54, 1.807) is 7.11 Å². The van der Waals surface area contributed by atoms with Crippen LogP contribution in [0.2, 0.25) is 0 Å². The molecule has 2 atom stereocenters. The molecule has 110 valence electrons. The third-order valence-electron chi connectivity index (χ3n) is 4.93. The van der Waals surface area contributed by atoms with Crippen molar-refractivity contribution in [3.05, 3.63) is 29.3 Å². The first-order chi connectivity index (χ1) is 9.58. The fraction of sp³-hybridized carbons (Fsp3) is 0.647. The summed E-state index contributed by atoms with van der Waals surface area (Å²) in [4.78, 5) is 0. The number of rotatable bonds is 2. The highest BCUT2D eigenvalue weighted by Crippen LogP contribution is 2.38. The second kappa shape index (κ2) is 5.05. The second-order valence-electron chi connectivity index (χ2n) is 6.50. The molecule has 2 unspecified atom stereocenters. The quantitative estimate of drug-likeness (QED) is 0.900. The average molecular weight is 275 g/mol. The van der Waals surface area contributed by atoms with E-state index in [1.165, 1.54) is 11.1 Å². The van der Waals surface area contributed by atoms with Crippen LogP contribution in [0.25, 0.3) is 0 Å². The fourth-order valence-corrected chi connectivity index (χ4v) is 3.52. The summed E-state index contributed by atoms with van der Waals surface area (Å²) in [7, 11) is 1.73. The van der Waals surface area contributed by atoms with Gasteiger partial charge in [-0.2, -0.15) is 0 Å². The van der Waals surface area contributed by atoms with Crippen molar-refractivity contribution in [2.45, 2.75) is 50.7 Å². The standard InChI is InChI=1S/C17H25NO2/c1-4-16(2)11-18-12-17(20-16)8-7-13-5-6-15(19-3)9-14(13)10-17/h5-6,9,18H,4,7-8,10-12H2,1-3H3. The maximum absolute atomic E-state index is 6.58. The van der Waals surface area contributed by atoms with Gasteiger partial charge in [-0.05, 0) is 49.4 Å². The van der Waals surface area contributed by atoms with Crippen LogP contribution >= 0.6 is 0 Å². The van der Waals surface area contributed by atoms with Gasteiger partial charge >= 0.3 is 0 Å². The number of methoxy groups -OCH3 is 1. The van der Waals surface area contributed by atoms with Crippen molar-refractivity contribution in [2.24, 2.45) is 0 Å². The van der Waals surface area contributed by atoms with E-state index in [2.05, 4.69) is 37.4 Å². The van der Waals surface area contributed by atoms with E-state index in [1.807, 2.05) is 0 Å². The Balaban J connectivity index is 1.86. The Hall–Kier alpha value is -1.06. The maximum Gasteiger partial charge on any atom is 0.119 e. The lowest BCUT2D eigenvalue weighted by atomic mass is 9.78. The molecule has 0 radical (unpaired) electrons. The van der Waals surface area contributed by atoms with Gasteiger partial charge < -0.3 is 14.8 Å². The van der Waals surface area contributed by atoms with Crippen molar-refractivity contribution < 1.29 is 9.47 Å². The minimum absolute atomic E-state index is 0.0331. The van der Waals surface area contributed by atoms with Crippen LogP contribution in [-0.4, -0.2) is 31.4 Å². The van der Waals surface area contributed by atoms with E-state index in [9.17, 15) is 0 Å². The summed E-state index contributed by atoms with van der Waals surface area (Å²) in [5, 5.41) is 3.59. The third-order valence-corrected chi connectivity index (χ3v) is 4.93. The monoisotopic (exact) mass is 275 g/mol. The largest absolute Gasteiger partial charge is 0.497 e. The molecule has 20 heavy (non-hydrogen) atoms. The van der Waals surface area contributed by atoms with Gasteiger partial charge in [0.25, 0.3) is 0 Å². The molecule has 1 aromatic carbocycles. The summed E-state index contributed by atoms with van der Waals surface area (Å²) in [5.41, 5.74) is 2.76. The second-order valence-corrected chi connectivity index (χ2v) is 6.50. The minimum atomic E-state index is -0.0393. The smallest absolute Gasteiger partial charge is 0.119 e. The van der Waals surface area contributed by atoms with E-state index in [4.69, 9.17) is 9.47 Å². The molecule has 1 fully saturated rings. The molecule has 1 aliphatic carbocycles. The molecule has 1 saturated heterocycles. The lowest BCUT2D eigenvalue weighted by Gasteiger charge is -2.49. The Morgan fingerprint density at radius 3 is 2.90 bits per heavy atom. The molecule has 2 aliphatic rings.